The van der Waals surface area contributed by atoms with Crippen molar-refractivity contribution in [3.63, 3.8) is 0 Å². The molecule has 6 nitrogen and oxygen atoms in total. The van der Waals surface area contributed by atoms with Gasteiger partial charge in [0.05, 0.1) is 18.8 Å². The molecule has 3 rings (SSSR count). The molecule has 0 unspecified atom stereocenters. The van der Waals surface area contributed by atoms with E-state index in [4.69, 9.17) is 4.74 Å². The lowest BCUT2D eigenvalue weighted by Gasteiger charge is -2.12. The highest BCUT2D eigenvalue weighted by Crippen LogP contribution is 2.29. The fraction of sp³-hybridized carbons (Fsp3) is 0.500. The number of hydrogen-bond acceptors (Lipinski definition) is 4. The first-order valence-electron chi connectivity index (χ1n) is 5.31. The minimum Gasteiger partial charge on any atom is -0.355 e. The van der Waals surface area contributed by atoms with Gasteiger partial charge in [0.1, 0.15) is 6.23 Å². The van der Waals surface area contributed by atoms with E-state index in [2.05, 4.69) is 15.0 Å². The van der Waals surface area contributed by atoms with Gasteiger partial charge < -0.3 is 9.72 Å². The molecule has 1 saturated heterocycles. The van der Waals surface area contributed by atoms with Crippen LogP contribution in [0.4, 0.5) is 0 Å². The van der Waals surface area contributed by atoms with E-state index >= 15 is 0 Å². The summed E-state index contributed by atoms with van der Waals surface area (Å²) in [6, 6.07) is 0. The van der Waals surface area contributed by atoms with Gasteiger partial charge in [0.2, 0.25) is 0 Å². The predicted octanol–water partition coefficient (Wildman–Crippen LogP) is 0.817. The maximum absolute atomic E-state index is 11.5. The Morgan fingerprint density at radius 2 is 2.38 bits per heavy atom. The molecule has 0 aliphatic carbocycles. The summed E-state index contributed by atoms with van der Waals surface area (Å²) in [6.07, 6.45) is 5.17. The van der Waals surface area contributed by atoms with Crippen molar-refractivity contribution in [1.29, 1.82) is 0 Å². The molecular formula is C10H12N4O2. The summed E-state index contributed by atoms with van der Waals surface area (Å²) in [5, 5.41) is 0. The van der Waals surface area contributed by atoms with E-state index in [9.17, 15) is 4.79 Å². The molecule has 0 spiro atoms. The van der Waals surface area contributed by atoms with E-state index in [1.54, 1.807) is 6.33 Å². The molecule has 1 N–H and O–H groups in total. The van der Waals surface area contributed by atoms with Crippen LogP contribution in [0.2, 0.25) is 0 Å². The van der Waals surface area contributed by atoms with Gasteiger partial charge >= 0.3 is 0 Å². The van der Waals surface area contributed by atoms with Gasteiger partial charge in [0.15, 0.2) is 11.2 Å². The Hall–Kier alpha value is -1.69. The first-order valence-corrected chi connectivity index (χ1v) is 5.31. The Balaban J connectivity index is 2.11. The van der Waals surface area contributed by atoms with Crippen LogP contribution in [0.25, 0.3) is 11.2 Å². The first kappa shape index (κ1) is 9.53. The number of H-pyrrole nitrogens is 1. The van der Waals surface area contributed by atoms with Crippen LogP contribution in [0.1, 0.15) is 26.0 Å². The lowest BCUT2D eigenvalue weighted by Crippen LogP contribution is -2.11. The van der Waals surface area contributed by atoms with Crippen LogP contribution in [0, 0.1) is 0 Å². The molecule has 1 aliphatic rings. The van der Waals surface area contributed by atoms with Crippen LogP contribution in [0.5, 0.6) is 0 Å². The molecule has 0 saturated carbocycles. The third-order valence-corrected chi connectivity index (χ3v) is 2.88. The molecule has 0 amide bonds. The number of nitrogens with zero attached hydrogens (tertiary/aromatic N) is 3. The van der Waals surface area contributed by atoms with Crippen molar-refractivity contribution in [2.24, 2.45) is 0 Å². The number of imidazole rings is 1. The lowest BCUT2D eigenvalue weighted by molar-refractivity contribution is 0.0131. The maximum atomic E-state index is 11.5. The van der Waals surface area contributed by atoms with Crippen molar-refractivity contribution in [2.75, 3.05) is 0 Å². The van der Waals surface area contributed by atoms with Crippen molar-refractivity contribution < 1.29 is 4.74 Å². The van der Waals surface area contributed by atoms with E-state index in [1.807, 2.05) is 11.5 Å². The zero-order valence-electron chi connectivity index (χ0n) is 8.88. The zero-order chi connectivity index (χ0) is 11.1. The minimum absolute atomic E-state index is 0.0469. The normalized spacial score (nSPS) is 25.3. The Bertz CT molecular complexity index is 573. The second kappa shape index (κ2) is 3.41. The number of hydrogen-bond donors (Lipinski definition) is 1. The second-order valence-electron chi connectivity index (χ2n) is 4.03. The molecule has 1 fully saturated rings. The summed E-state index contributed by atoms with van der Waals surface area (Å²) in [7, 11) is 0. The van der Waals surface area contributed by atoms with Crippen molar-refractivity contribution in [3.8, 4) is 0 Å². The van der Waals surface area contributed by atoms with Gasteiger partial charge in [-0.3, -0.25) is 9.36 Å². The van der Waals surface area contributed by atoms with Crippen molar-refractivity contribution in [3.05, 3.63) is 23.0 Å². The Kier molecular flexibility index (Phi) is 2.03. The van der Waals surface area contributed by atoms with Gasteiger partial charge in [-0.15, -0.1) is 0 Å². The number of ether oxygens (including phenoxy) is 1. The van der Waals surface area contributed by atoms with Crippen molar-refractivity contribution in [1.82, 2.24) is 19.5 Å². The van der Waals surface area contributed by atoms with Crippen molar-refractivity contribution >= 4 is 11.2 Å². The minimum atomic E-state index is -0.213. The van der Waals surface area contributed by atoms with Gasteiger partial charge in [0, 0.05) is 0 Å². The third kappa shape index (κ3) is 1.34. The summed E-state index contributed by atoms with van der Waals surface area (Å²) in [5.41, 5.74) is 0.739. The highest BCUT2D eigenvalue weighted by molar-refractivity contribution is 5.68. The van der Waals surface area contributed by atoms with E-state index in [1.165, 1.54) is 6.33 Å². The Morgan fingerprint density at radius 1 is 1.50 bits per heavy atom. The number of nitrogens with one attached hydrogen (secondary N) is 1. The molecule has 0 bridgehead atoms. The monoisotopic (exact) mass is 220 g/mol. The lowest BCUT2D eigenvalue weighted by atomic mass is 10.2. The smallest absolute Gasteiger partial charge is 0.278 e. The number of aromatic nitrogens is 4. The highest BCUT2D eigenvalue weighted by Gasteiger charge is 2.25. The second-order valence-corrected chi connectivity index (χ2v) is 4.03. The quantitative estimate of drug-likeness (QED) is 0.772. The molecule has 3 heterocycles. The Morgan fingerprint density at radius 3 is 3.12 bits per heavy atom. The van der Waals surface area contributed by atoms with Gasteiger partial charge in [-0.2, -0.15) is 0 Å². The van der Waals surface area contributed by atoms with Crippen LogP contribution in [-0.4, -0.2) is 25.6 Å². The largest absolute Gasteiger partial charge is 0.355 e. The molecule has 16 heavy (non-hydrogen) atoms. The average molecular weight is 220 g/mol. The molecule has 2 atom stereocenters. The van der Waals surface area contributed by atoms with Gasteiger partial charge in [-0.25, -0.2) is 9.97 Å². The number of rotatable bonds is 1. The maximum Gasteiger partial charge on any atom is 0.278 e. The van der Waals surface area contributed by atoms with Crippen LogP contribution in [0.3, 0.4) is 0 Å². The van der Waals surface area contributed by atoms with Gasteiger partial charge in [-0.05, 0) is 19.8 Å². The summed E-state index contributed by atoms with van der Waals surface area (Å²) in [4.78, 5) is 22.2. The fourth-order valence-corrected chi connectivity index (χ4v) is 2.06. The van der Waals surface area contributed by atoms with Crippen LogP contribution in [0.15, 0.2) is 17.4 Å². The number of fused-ring (bicyclic) bond motifs is 1. The molecule has 84 valence electrons. The average Bonchev–Trinajstić information content (AvgIpc) is 2.84. The SMILES string of the molecule is C[C@@H]1CC[C@H](n2cnc3c(=O)[nH]cnc32)O1. The van der Waals surface area contributed by atoms with Crippen molar-refractivity contribution in [2.45, 2.75) is 32.1 Å². The summed E-state index contributed by atoms with van der Waals surface area (Å²) in [5.74, 6) is 0. The summed E-state index contributed by atoms with van der Waals surface area (Å²) < 4.78 is 7.55. The van der Waals surface area contributed by atoms with E-state index < -0.39 is 0 Å². The molecule has 1 aliphatic heterocycles. The molecule has 0 radical (unpaired) electrons. The van der Waals surface area contributed by atoms with Gasteiger partial charge in [-0.1, -0.05) is 0 Å². The molecule has 6 heteroatoms. The first-order chi connectivity index (χ1) is 7.75. The van der Waals surface area contributed by atoms with Crippen LogP contribution < -0.4 is 5.56 Å². The third-order valence-electron chi connectivity index (χ3n) is 2.88. The van der Waals surface area contributed by atoms with Crippen LogP contribution >= 0.6 is 0 Å². The summed E-state index contributed by atoms with van der Waals surface area (Å²) in [6.45, 7) is 2.04. The zero-order valence-corrected chi connectivity index (χ0v) is 8.88. The van der Waals surface area contributed by atoms with E-state index in [-0.39, 0.29) is 17.9 Å². The van der Waals surface area contributed by atoms with E-state index in [0.717, 1.165) is 12.8 Å². The molecular weight excluding hydrogens is 208 g/mol. The summed E-state index contributed by atoms with van der Waals surface area (Å²) >= 11 is 0. The predicted molar refractivity (Wildman–Crippen MR) is 57.0 cm³/mol. The topological polar surface area (TPSA) is 72.8 Å². The van der Waals surface area contributed by atoms with E-state index in [0.29, 0.717) is 11.2 Å². The molecule has 0 aromatic carbocycles. The molecule has 2 aromatic heterocycles. The molecule has 2 aromatic rings. The fourth-order valence-electron chi connectivity index (χ4n) is 2.06. The van der Waals surface area contributed by atoms with Crippen LogP contribution in [-0.2, 0) is 4.74 Å². The highest BCUT2D eigenvalue weighted by atomic mass is 16.5. The standard InChI is InChI=1S/C10H12N4O2/c1-6-2-3-7(16-6)14-5-13-8-9(14)11-4-12-10(8)15/h4-7H,2-3H2,1H3,(H,11,12,15)/t6-,7-/m1/s1. The number of aromatic amines is 1. The Labute approximate surface area is 91.3 Å². The van der Waals surface area contributed by atoms with Gasteiger partial charge in [0.25, 0.3) is 5.56 Å².